The Morgan fingerprint density at radius 3 is 3.27 bits per heavy atom. The van der Waals surface area contributed by atoms with E-state index in [0.717, 1.165) is 32.6 Å². The van der Waals surface area contributed by atoms with Crippen molar-refractivity contribution < 1.29 is 4.74 Å². The molecule has 0 amide bonds. The van der Waals surface area contributed by atoms with E-state index in [1.807, 2.05) is 17.5 Å². The molecular formula is C11H18N2OS. The third-order valence-corrected chi connectivity index (χ3v) is 3.93. The van der Waals surface area contributed by atoms with Gasteiger partial charge in [0.05, 0.1) is 11.6 Å². The number of hydrogen-bond donors (Lipinski definition) is 1. The lowest BCUT2D eigenvalue weighted by Crippen LogP contribution is -2.15. The van der Waals surface area contributed by atoms with Crippen LogP contribution in [0.15, 0.2) is 6.20 Å². The van der Waals surface area contributed by atoms with Gasteiger partial charge in [-0.05, 0) is 32.2 Å². The van der Waals surface area contributed by atoms with E-state index in [2.05, 4.69) is 4.98 Å². The molecule has 1 aliphatic rings. The summed E-state index contributed by atoms with van der Waals surface area (Å²) in [5, 5.41) is 1.25. The maximum atomic E-state index is 5.49. The molecule has 84 valence electrons. The van der Waals surface area contributed by atoms with Crippen molar-refractivity contribution in [2.75, 3.05) is 19.8 Å². The van der Waals surface area contributed by atoms with Gasteiger partial charge in [-0.15, -0.1) is 11.3 Å². The molecule has 0 aromatic carbocycles. The van der Waals surface area contributed by atoms with Crippen LogP contribution in [0.1, 0.15) is 35.1 Å². The third kappa shape index (κ3) is 3.00. The summed E-state index contributed by atoms with van der Waals surface area (Å²) >= 11 is 1.83. The highest BCUT2D eigenvalue weighted by Gasteiger charge is 2.18. The maximum Gasteiger partial charge on any atom is 0.0981 e. The summed E-state index contributed by atoms with van der Waals surface area (Å²) in [6.07, 6.45) is 6.53. The number of hydrogen-bond acceptors (Lipinski definition) is 4. The molecule has 2 N–H and O–H groups in total. The first-order valence-corrected chi connectivity index (χ1v) is 6.44. The lowest BCUT2D eigenvalue weighted by molar-refractivity contribution is 0.0804. The van der Waals surface area contributed by atoms with Gasteiger partial charge in [-0.3, -0.25) is 0 Å². The van der Waals surface area contributed by atoms with Gasteiger partial charge in [-0.25, -0.2) is 4.98 Å². The Kier molecular flexibility index (Phi) is 4.11. The highest BCUT2D eigenvalue weighted by Crippen LogP contribution is 2.29. The molecule has 1 atom stereocenters. The van der Waals surface area contributed by atoms with Gasteiger partial charge in [-0.1, -0.05) is 0 Å². The fraction of sp³-hybridized carbons (Fsp3) is 0.727. The average Bonchev–Trinajstić information content (AvgIpc) is 2.76. The second kappa shape index (κ2) is 5.58. The predicted octanol–water partition coefficient (Wildman–Crippen LogP) is 1.93. The smallest absolute Gasteiger partial charge is 0.0981 e. The van der Waals surface area contributed by atoms with Gasteiger partial charge in [0.2, 0.25) is 0 Å². The molecule has 1 unspecified atom stereocenters. The maximum absolute atomic E-state index is 5.49. The quantitative estimate of drug-likeness (QED) is 0.853. The topological polar surface area (TPSA) is 48.1 Å². The van der Waals surface area contributed by atoms with Crippen LogP contribution in [0.3, 0.4) is 0 Å². The molecule has 0 radical (unpaired) electrons. The minimum atomic E-state index is 0.537. The number of thiazole rings is 1. The molecule has 2 heterocycles. The van der Waals surface area contributed by atoms with Gasteiger partial charge in [0, 0.05) is 23.6 Å². The number of nitrogens with zero attached hydrogens (tertiary/aromatic N) is 1. The summed E-state index contributed by atoms with van der Waals surface area (Å²) in [6, 6.07) is 0. The van der Waals surface area contributed by atoms with Crippen molar-refractivity contribution in [1.29, 1.82) is 0 Å². The normalized spacial score (nSPS) is 21.8. The van der Waals surface area contributed by atoms with Gasteiger partial charge in [0.1, 0.15) is 0 Å². The monoisotopic (exact) mass is 226 g/mol. The van der Waals surface area contributed by atoms with Crippen molar-refractivity contribution in [3.8, 4) is 0 Å². The summed E-state index contributed by atoms with van der Waals surface area (Å²) in [7, 11) is 0. The van der Waals surface area contributed by atoms with E-state index in [-0.39, 0.29) is 0 Å². The van der Waals surface area contributed by atoms with Crippen molar-refractivity contribution in [2.24, 2.45) is 5.73 Å². The summed E-state index contributed by atoms with van der Waals surface area (Å²) in [4.78, 5) is 5.85. The number of aryl methyl sites for hydroxylation is 1. The van der Waals surface area contributed by atoms with Gasteiger partial charge in [-0.2, -0.15) is 0 Å². The zero-order valence-corrected chi connectivity index (χ0v) is 9.76. The van der Waals surface area contributed by atoms with Crippen LogP contribution in [-0.2, 0) is 11.2 Å². The largest absolute Gasteiger partial charge is 0.381 e. The minimum Gasteiger partial charge on any atom is -0.381 e. The highest BCUT2D eigenvalue weighted by molar-refractivity contribution is 7.11. The Morgan fingerprint density at radius 1 is 1.60 bits per heavy atom. The highest BCUT2D eigenvalue weighted by atomic mass is 32.1. The van der Waals surface area contributed by atoms with Crippen molar-refractivity contribution in [1.82, 2.24) is 4.98 Å². The second-order valence-corrected chi connectivity index (χ2v) is 5.12. The molecule has 1 aromatic heterocycles. The molecule has 1 saturated heterocycles. The third-order valence-electron chi connectivity index (χ3n) is 2.71. The molecule has 1 aliphatic heterocycles. The van der Waals surface area contributed by atoms with E-state index in [9.17, 15) is 0 Å². The lowest BCUT2D eigenvalue weighted by atomic mass is 10.0. The van der Waals surface area contributed by atoms with Crippen molar-refractivity contribution >= 4 is 11.3 Å². The summed E-state index contributed by atoms with van der Waals surface area (Å²) in [5.41, 5.74) is 5.49. The molecular weight excluding hydrogens is 208 g/mol. The van der Waals surface area contributed by atoms with Crippen LogP contribution < -0.4 is 5.73 Å². The Hall–Kier alpha value is -0.450. The summed E-state index contributed by atoms with van der Waals surface area (Å²) < 4.78 is 5.47. The van der Waals surface area contributed by atoms with Gasteiger partial charge >= 0.3 is 0 Å². The fourth-order valence-electron chi connectivity index (χ4n) is 1.84. The van der Waals surface area contributed by atoms with E-state index in [1.54, 1.807) is 0 Å². The molecule has 4 heteroatoms. The van der Waals surface area contributed by atoms with Crippen LogP contribution >= 0.6 is 11.3 Å². The SMILES string of the molecule is NCCCc1cnc(C2CCCOC2)s1. The lowest BCUT2D eigenvalue weighted by Gasteiger charge is -2.19. The van der Waals surface area contributed by atoms with E-state index < -0.39 is 0 Å². The Morgan fingerprint density at radius 2 is 2.53 bits per heavy atom. The summed E-state index contributed by atoms with van der Waals surface area (Å²) in [5.74, 6) is 0.537. The van der Waals surface area contributed by atoms with Crippen LogP contribution in [-0.4, -0.2) is 24.7 Å². The fourth-order valence-corrected chi connectivity index (χ4v) is 2.92. The molecule has 0 saturated carbocycles. The molecule has 0 bridgehead atoms. The van der Waals surface area contributed by atoms with Gasteiger partial charge in [0.25, 0.3) is 0 Å². The van der Waals surface area contributed by atoms with Crippen molar-refractivity contribution in [3.05, 3.63) is 16.1 Å². The van der Waals surface area contributed by atoms with Gasteiger partial charge in [0.15, 0.2) is 0 Å². The van der Waals surface area contributed by atoms with Crippen LogP contribution in [0.5, 0.6) is 0 Å². The van der Waals surface area contributed by atoms with Crippen molar-refractivity contribution in [2.45, 2.75) is 31.6 Å². The van der Waals surface area contributed by atoms with Gasteiger partial charge < -0.3 is 10.5 Å². The zero-order chi connectivity index (χ0) is 10.5. The number of rotatable bonds is 4. The van der Waals surface area contributed by atoms with Crippen molar-refractivity contribution in [3.63, 3.8) is 0 Å². The average molecular weight is 226 g/mol. The van der Waals surface area contributed by atoms with E-state index >= 15 is 0 Å². The first-order chi connectivity index (χ1) is 7.40. The first-order valence-electron chi connectivity index (χ1n) is 5.62. The predicted molar refractivity (Wildman–Crippen MR) is 62.3 cm³/mol. The van der Waals surface area contributed by atoms with E-state index in [4.69, 9.17) is 10.5 Å². The molecule has 1 fully saturated rings. The molecule has 1 aromatic rings. The molecule has 0 aliphatic carbocycles. The van der Waals surface area contributed by atoms with Crippen LogP contribution in [0.25, 0.3) is 0 Å². The molecule has 3 nitrogen and oxygen atoms in total. The first kappa shape index (κ1) is 11.0. The standard InChI is InChI=1S/C11H18N2OS/c12-5-1-4-10-7-13-11(15-10)9-3-2-6-14-8-9/h7,9H,1-6,8,12H2. The zero-order valence-electron chi connectivity index (χ0n) is 8.95. The Labute approximate surface area is 94.7 Å². The second-order valence-electron chi connectivity index (χ2n) is 3.97. The van der Waals surface area contributed by atoms with Crippen LogP contribution in [0.4, 0.5) is 0 Å². The Balaban J connectivity index is 1.93. The Bertz CT molecular complexity index is 295. The molecule has 15 heavy (non-hydrogen) atoms. The number of aromatic nitrogens is 1. The number of nitrogens with two attached hydrogens (primary N) is 1. The molecule has 0 spiro atoms. The number of ether oxygens (including phenoxy) is 1. The molecule has 2 rings (SSSR count). The van der Waals surface area contributed by atoms with Crippen LogP contribution in [0.2, 0.25) is 0 Å². The summed E-state index contributed by atoms with van der Waals surface area (Å²) in [6.45, 7) is 2.53. The van der Waals surface area contributed by atoms with Crippen LogP contribution in [0, 0.1) is 0 Å². The minimum absolute atomic E-state index is 0.537. The van der Waals surface area contributed by atoms with E-state index in [1.165, 1.54) is 22.7 Å². The van der Waals surface area contributed by atoms with E-state index in [0.29, 0.717) is 5.92 Å².